The molecule has 1 unspecified atom stereocenters. The zero-order valence-electron chi connectivity index (χ0n) is 13.4. The Kier molecular flexibility index (Phi) is 5.31. The lowest BCUT2D eigenvalue weighted by atomic mass is 10.2. The number of carbonyl (C=O) groups excluding carboxylic acids is 1. The van der Waals surface area contributed by atoms with Crippen LogP contribution in [0.5, 0.6) is 5.75 Å². The number of nitrogens with one attached hydrogen (secondary N) is 2. The van der Waals surface area contributed by atoms with Crippen molar-refractivity contribution in [1.29, 1.82) is 0 Å². The molecule has 5 heteroatoms. The fraction of sp³-hybridized carbons (Fsp3) is 0.389. The molecular formula is C18H23N2O2S+. The third kappa shape index (κ3) is 4.12. The molecular weight excluding hydrogens is 308 g/mol. The van der Waals surface area contributed by atoms with Gasteiger partial charge in [0.2, 0.25) is 0 Å². The lowest BCUT2D eigenvalue weighted by Gasteiger charge is -2.20. The number of rotatable bonds is 6. The minimum atomic E-state index is 0.0765. The van der Waals surface area contributed by atoms with Crippen LogP contribution >= 0.6 is 11.3 Å². The third-order valence-corrected chi connectivity index (χ3v) is 5.19. The summed E-state index contributed by atoms with van der Waals surface area (Å²) in [5.74, 6) is 0.904. The Labute approximate surface area is 141 Å². The van der Waals surface area contributed by atoms with Crippen LogP contribution < -0.4 is 15.0 Å². The monoisotopic (exact) mass is 331 g/mol. The van der Waals surface area contributed by atoms with Gasteiger partial charge >= 0.3 is 0 Å². The number of hydrogen-bond acceptors (Lipinski definition) is 3. The van der Waals surface area contributed by atoms with E-state index in [1.54, 1.807) is 11.3 Å². The molecule has 1 amide bonds. The molecule has 1 aromatic carbocycles. The fourth-order valence-corrected chi connectivity index (χ4v) is 4.09. The smallest absolute Gasteiger partial charge is 0.279 e. The van der Waals surface area contributed by atoms with Gasteiger partial charge in [-0.3, -0.25) is 4.79 Å². The first-order chi connectivity index (χ1) is 11.3. The zero-order valence-corrected chi connectivity index (χ0v) is 14.2. The van der Waals surface area contributed by atoms with Gasteiger partial charge in [0, 0.05) is 18.5 Å². The number of anilines is 1. The second-order valence-electron chi connectivity index (χ2n) is 5.80. The van der Waals surface area contributed by atoms with Crippen LogP contribution in [0.2, 0.25) is 0 Å². The predicted molar refractivity (Wildman–Crippen MR) is 93.2 cm³/mol. The molecule has 2 N–H and O–H groups in total. The van der Waals surface area contributed by atoms with Crippen molar-refractivity contribution in [2.24, 2.45) is 0 Å². The number of quaternary nitrogens is 1. The maximum atomic E-state index is 12.3. The maximum absolute atomic E-state index is 12.3. The largest absolute Gasteiger partial charge is 0.494 e. The average Bonchev–Trinajstić information content (AvgIpc) is 3.20. The van der Waals surface area contributed by atoms with Crippen molar-refractivity contribution in [2.45, 2.75) is 25.8 Å². The Bertz CT molecular complexity index is 625. The van der Waals surface area contributed by atoms with Gasteiger partial charge in [-0.05, 0) is 42.6 Å². The SMILES string of the molecule is CCOc1ccc(NC(=O)C[NH+]2CCC[C@@H]2c2cccs2)cc1. The van der Waals surface area contributed by atoms with E-state index < -0.39 is 0 Å². The van der Waals surface area contributed by atoms with Crippen LogP contribution in [-0.4, -0.2) is 25.6 Å². The first kappa shape index (κ1) is 16.0. The van der Waals surface area contributed by atoms with Gasteiger partial charge in [-0.25, -0.2) is 0 Å². The van der Waals surface area contributed by atoms with Crippen molar-refractivity contribution in [3.05, 3.63) is 46.7 Å². The number of hydrogen-bond donors (Lipinski definition) is 2. The number of amides is 1. The van der Waals surface area contributed by atoms with Crippen molar-refractivity contribution in [3.8, 4) is 5.75 Å². The molecule has 2 heterocycles. The number of carbonyl (C=O) groups is 1. The highest BCUT2D eigenvalue weighted by molar-refractivity contribution is 7.10. The Morgan fingerprint density at radius 3 is 2.87 bits per heavy atom. The topological polar surface area (TPSA) is 42.8 Å². The van der Waals surface area contributed by atoms with E-state index >= 15 is 0 Å². The summed E-state index contributed by atoms with van der Waals surface area (Å²) in [7, 11) is 0. The molecule has 1 aromatic heterocycles. The summed E-state index contributed by atoms with van der Waals surface area (Å²) in [5, 5.41) is 5.11. The van der Waals surface area contributed by atoms with Crippen LogP contribution in [0.1, 0.15) is 30.7 Å². The molecule has 0 radical (unpaired) electrons. The molecule has 122 valence electrons. The highest BCUT2D eigenvalue weighted by atomic mass is 32.1. The van der Waals surface area contributed by atoms with Crippen molar-refractivity contribution >= 4 is 22.9 Å². The molecule has 4 nitrogen and oxygen atoms in total. The Balaban J connectivity index is 1.56. The molecule has 2 atom stereocenters. The van der Waals surface area contributed by atoms with E-state index in [1.807, 2.05) is 31.2 Å². The summed E-state index contributed by atoms with van der Waals surface area (Å²) in [6.45, 7) is 4.20. The molecule has 1 aliphatic rings. The second-order valence-corrected chi connectivity index (χ2v) is 6.78. The summed E-state index contributed by atoms with van der Waals surface area (Å²) in [4.78, 5) is 15.1. The van der Waals surface area contributed by atoms with Gasteiger partial charge in [-0.2, -0.15) is 0 Å². The fourth-order valence-electron chi connectivity index (χ4n) is 3.17. The summed E-state index contributed by atoms with van der Waals surface area (Å²) in [6, 6.07) is 12.3. The molecule has 3 rings (SSSR count). The molecule has 1 aliphatic heterocycles. The molecule has 0 aliphatic carbocycles. The lowest BCUT2D eigenvalue weighted by molar-refractivity contribution is -0.910. The number of likely N-dealkylation sites (tertiary alicyclic amines) is 1. The van der Waals surface area contributed by atoms with E-state index in [2.05, 4.69) is 22.8 Å². The quantitative estimate of drug-likeness (QED) is 0.854. The standard InChI is InChI=1S/C18H22N2O2S/c1-2-22-15-9-7-14(8-10-15)19-18(21)13-20-11-3-5-16(20)17-6-4-12-23-17/h4,6-10,12,16H,2-3,5,11,13H2,1H3,(H,19,21)/p+1/t16-/m1/s1. The Hall–Kier alpha value is -1.85. The van der Waals surface area contributed by atoms with Gasteiger partial charge in [0.05, 0.1) is 18.0 Å². The normalized spacial score (nSPS) is 20.4. The molecule has 1 fully saturated rings. The molecule has 0 spiro atoms. The maximum Gasteiger partial charge on any atom is 0.279 e. The van der Waals surface area contributed by atoms with Gasteiger partial charge in [0.25, 0.3) is 5.91 Å². The van der Waals surface area contributed by atoms with Crippen LogP contribution in [0.15, 0.2) is 41.8 Å². The van der Waals surface area contributed by atoms with Crippen molar-refractivity contribution < 1.29 is 14.4 Å². The summed E-state index contributed by atoms with van der Waals surface area (Å²) < 4.78 is 5.41. The number of ether oxygens (including phenoxy) is 1. The molecule has 0 bridgehead atoms. The van der Waals surface area contributed by atoms with Crippen LogP contribution in [0, 0.1) is 0 Å². The van der Waals surface area contributed by atoms with Crippen molar-refractivity contribution in [1.82, 2.24) is 0 Å². The van der Waals surface area contributed by atoms with Gasteiger partial charge in [0.15, 0.2) is 6.54 Å². The van der Waals surface area contributed by atoms with E-state index in [0.29, 0.717) is 19.2 Å². The van der Waals surface area contributed by atoms with Gasteiger partial charge in [-0.1, -0.05) is 6.07 Å². The van der Waals surface area contributed by atoms with Gasteiger partial charge < -0.3 is 15.0 Å². The van der Waals surface area contributed by atoms with E-state index in [0.717, 1.165) is 18.0 Å². The zero-order chi connectivity index (χ0) is 16.1. The summed E-state index contributed by atoms with van der Waals surface area (Å²) in [6.07, 6.45) is 2.36. The summed E-state index contributed by atoms with van der Waals surface area (Å²) in [5.41, 5.74) is 0.824. The minimum absolute atomic E-state index is 0.0765. The number of thiophene rings is 1. The van der Waals surface area contributed by atoms with Gasteiger partial charge in [-0.15, -0.1) is 11.3 Å². The highest BCUT2D eigenvalue weighted by Crippen LogP contribution is 2.23. The summed E-state index contributed by atoms with van der Waals surface area (Å²) >= 11 is 1.79. The Morgan fingerprint density at radius 2 is 2.17 bits per heavy atom. The Morgan fingerprint density at radius 1 is 1.35 bits per heavy atom. The van der Waals surface area contributed by atoms with E-state index in [9.17, 15) is 4.79 Å². The highest BCUT2D eigenvalue weighted by Gasteiger charge is 2.32. The van der Waals surface area contributed by atoms with Crippen molar-refractivity contribution in [2.75, 3.05) is 25.0 Å². The second kappa shape index (κ2) is 7.62. The predicted octanol–water partition coefficient (Wildman–Crippen LogP) is 2.51. The van der Waals surface area contributed by atoms with Crippen LogP contribution in [0.4, 0.5) is 5.69 Å². The van der Waals surface area contributed by atoms with E-state index in [1.165, 1.54) is 22.6 Å². The minimum Gasteiger partial charge on any atom is -0.494 e. The molecule has 0 saturated carbocycles. The first-order valence-electron chi connectivity index (χ1n) is 8.17. The van der Waals surface area contributed by atoms with Crippen molar-refractivity contribution in [3.63, 3.8) is 0 Å². The molecule has 23 heavy (non-hydrogen) atoms. The number of benzene rings is 1. The lowest BCUT2D eigenvalue weighted by Crippen LogP contribution is -3.11. The van der Waals surface area contributed by atoms with Crippen LogP contribution in [-0.2, 0) is 4.79 Å². The van der Waals surface area contributed by atoms with E-state index in [-0.39, 0.29) is 5.91 Å². The molecule has 2 aromatic rings. The average molecular weight is 331 g/mol. The van der Waals surface area contributed by atoms with Crippen LogP contribution in [0.3, 0.4) is 0 Å². The molecule has 1 saturated heterocycles. The van der Waals surface area contributed by atoms with Gasteiger partial charge in [0.1, 0.15) is 11.8 Å². The van der Waals surface area contributed by atoms with Crippen LogP contribution in [0.25, 0.3) is 0 Å². The first-order valence-corrected chi connectivity index (χ1v) is 9.05. The third-order valence-electron chi connectivity index (χ3n) is 4.21. The van der Waals surface area contributed by atoms with E-state index in [4.69, 9.17) is 4.74 Å².